The van der Waals surface area contributed by atoms with Gasteiger partial charge in [0.05, 0.1) is 19.0 Å². The third-order valence-corrected chi connectivity index (χ3v) is 11.3. The number of ether oxygens (including phenoxy) is 1. The number of halogens is 1. The molecular weight excluding hydrogens is 676 g/mol. The average molecular weight is 729 g/mol. The summed E-state index contributed by atoms with van der Waals surface area (Å²) in [5.41, 5.74) is 3.46. The van der Waals surface area contributed by atoms with Crippen LogP contribution in [0.15, 0.2) is 61.3 Å². The fourth-order valence-corrected chi connectivity index (χ4v) is 8.46. The summed E-state index contributed by atoms with van der Waals surface area (Å²) in [7, 11) is 1.66. The quantitative estimate of drug-likeness (QED) is 0.0959. The zero-order valence-corrected chi connectivity index (χ0v) is 31.3. The topological polar surface area (TPSA) is 124 Å². The number of fused-ring (bicyclic) bond motifs is 2. The first-order valence-electron chi connectivity index (χ1n) is 18.8. The molecule has 11 nitrogen and oxygen atoms in total. The van der Waals surface area contributed by atoms with Crippen molar-refractivity contribution in [3.8, 4) is 5.75 Å². The molecule has 2 aromatic carbocycles. The molecule has 3 aliphatic rings. The summed E-state index contributed by atoms with van der Waals surface area (Å²) in [5, 5.41) is 12.9. The minimum absolute atomic E-state index is 0.243. The monoisotopic (exact) mass is 728 g/mol. The Hall–Kier alpha value is -4.35. The lowest BCUT2D eigenvalue weighted by atomic mass is 9.62. The molecule has 1 aliphatic heterocycles. The number of methoxy groups -OCH3 is 1. The van der Waals surface area contributed by atoms with Crippen LogP contribution in [-0.2, 0) is 16.1 Å². The maximum absolute atomic E-state index is 12.8. The normalized spacial score (nSPS) is 21.6. The second kappa shape index (κ2) is 17.9. The Morgan fingerprint density at radius 3 is 2.75 bits per heavy atom. The van der Waals surface area contributed by atoms with Crippen LogP contribution < -0.4 is 30.9 Å². The van der Waals surface area contributed by atoms with Gasteiger partial charge in [-0.2, -0.15) is 4.98 Å². The van der Waals surface area contributed by atoms with E-state index < -0.39 is 0 Å². The van der Waals surface area contributed by atoms with Crippen LogP contribution in [0.1, 0.15) is 57.4 Å². The van der Waals surface area contributed by atoms with Gasteiger partial charge in [-0.15, -0.1) is 0 Å². The van der Waals surface area contributed by atoms with E-state index in [0.29, 0.717) is 53.0 Å². The molecule has 2 saturated carbocycles. The number of hydrogen-bond donors (Lipinski definition) is 4. The largest absolute Gasteiger partial charge is 0.494 e. The number of hydrogen-bond acceptors (Lipinski definition) is 9. The summed E-state index contributed by atoms with van der Waals surface area (Å²) in [6.45, 7) is 11.8. The van der Waals surface area contributed by atoms with Crippen molar-refractivity contribution in [3.63, 3.8) is 0 Å². The Kier molecular flexibility index (Phi) is 12.9. The molecular formula is C40H53ClN8O3. The fraction of sp³-hybridized carbons (Fsp3) is 0.500. The van der Waals surface area contributed by atoms with E-state index in [4.69, 9.17) is 16.3 Å². The van der Waals surface area contributed by atoms with E-state index in [2.05, 4.69) is 60.6 Å². The van der Waals surface area contributed by atoms with Gasteiger partial charge in [0, 0.05) is 63.1 Å². The van der Waals surface area contributed by atoms with E-state index in [-0.39, 0.29) is 11.8 Å². The van der Waals surface area contributed by atoms with Crippen LogP contribution >= 0.6 is 11.6 Å². The first kappa shape index (κ1) is 37.4. The maximum atomic E-state index is 12.8. The van der Waals surface area contributed by atoms with E-state index in [9.17, 15) is 9.59 Å². The number of benzene rings is 2. The van der Waals surface area contributed by atoms with Crippen LogP contribution in [0, 0.1) is 23.7 Å². The van der Waals surface area contributed by atoms with Gasteiger partial charge in [-0.25, -0.2) is 4.98 Å². The molecule has 12 heteroatoms. The highest BCUT2D eigenvalue weighted by Gasteiger charge is 2.38. The summed E-state index contributed by atoms with van der Waals surface area (Å²) in [5.74, 6) is 4.42. The van der Waals surface area contributed by atoms with E-state index in [0.717, 1.165) is 74.5 Å². The molecule has 2 amide bonds. The first-order valence-corrected chi connectivity index (χ1v) is 19.1. The lowest BCUT2D eigenvalue weighted by Crippen LogP contribution is -2.47. The van der Waals surface area contributed by atoms with E-state index in [1.54, 1.807) is 13.3 Å². The number of nitrogens with zero attached hydrogens (tertiary/aromatic N) is 4. The number of nitrogens with one attached hydrogen (secondary N) is 4. The summed E-state index contributed by atoms with van der Waals surface area (Å²) in [6.07, 6.45) is 11.2. The lowest BCUT2D eigenvalue weighted by molar-refractivity contribution is -0.123. The molecule has 6 rings (SSSR count). The Morgan fingerprint density at radius 1 is 1.10 bits per heavy atom. The third-order valence-electron chi connectivity index (χ3n) is 11.0. The molecule has 2 bridgehead atoms. The molecule has 0 radical (unpaired) electrons. The van der Waals surface area contributed by atoms with Crippen LogP contribution in [0.4, 0.5) is 28.8 Å². The van der Waals surface area contributed by atoms with Crippen LogP contribution in [0.3, 0.4) is 0 Å². The average Bonchev–Trinajstić information content (AvgIpc) is 3.16. The minimum Gasteiger partial charge on any atom is -0.494 e. The van der Waals surface area contributed by atoms with Crippen molar-refractivity contribution in [2.24, 2.45) is 23.7 Å². The molecule has 1 saturated heterocycles. The van der Waals surface area contributed by atoms with Gasteiger partial charge in [-0.3, -0.25) is 14.5 Å². The SMILES string of the molecule is C=CC(=O)Nc1cccc(CNc2nc(Nc3ccc(N4CCN(CCCNC(=O)CC5[C@@H]6CCC[C@@H](C6)C[C@@H]5C)CC4)cc3OC)ncc2Cl)c1. The van der Waals surface area contributed by atoms with Gasteiger partial charge < -0.3 is 30.9 Å². The molecule has 4 atom stereocenters. The van der Waals surface area contributed by atoms with Gasteiger partial charge in [0.2, 0.25) is 17.8 Å². The number of anilines is 5. The van der Waals surface area contributed by atoms with Crippen molar-refractivity contribution >= 4 is 52.2 Å². The standard InChI is InChI=1S/C40H53ClN8O3/c1-4-37(50)45-31-11-6-9-29(22-31)25-43-39-34(41)26-44-40(47-39)46-35-13-12-32(23-36(35)52-3)49-18-16-48(17-19-49)15-7-14-42-38(51)24-33-27(2)20-28-8-5-10-30(33)21-28/h4,6,9,11-13,22-23,26-28,30,33H,1,5,7-8,10,14-21,24-25H2,2-3H3,(H,42,51)(H,45,50)(H2,43,44,46,47)/t27-,28+,30+,33?/m0/s1. The van der Waals surface area contributed by atoms with Crippen LogP contribution in [0.2, 0.25) is 5.02 Å². The summed E-state index contributed by atoms with van der Waals surface area (Å²) in [6, 6.07) is 13.6. The fourth-order valence-electron chi connectivity index (χ4n) is 8.30. The van der Waals surface area contributed by atoms with Gasteiger partial charge in [0.1, 0.15) is 10.8 Å². The molecule has 0 spiro atoms. The van der Waals surface area contributed by atoms with Crippen molar-refractivity contribution < 1.29 is 14.3 Å². The van der Waals surface area contributed by atoms with Gasteiger partial charge >= 0.3 is 0 Å². The first-order chi connectivity index (χ1) is 25.3. The molecule has 3 aromatic rings. The van der Waals surface area contributed by atoms with E-state index >= 15 is 0 Å². The van der Waals surface area contributed by atoms with Crippen molar-refractivity contribution in [3.05, 3.63) is 71.9 Å². The Balaban J connectivity index is 0.945. The summed E-state index contributed by atoms with van der Waals surface area (Å²) in [4.78, 5) is 38.3. The number of rotatable bonds is 15. The number of carbonyl (C=O) groups is 2. The van der Waals surface area contributed by atoms with Gasteiger partial charge in [0.15, 0.2) is 5.82 Å². The number of amides is 2. The van der Waals surface area contributed by atoms with Crippen molar-refractivity contribution in [2.45, 2.75) is 58.4 Å². The molecule has 52 heavy (non-hydrogen) atoms. The summed E-state index contributed by atoms with van der Waals surface area (Å²) >= 11 is 6.43. The van der Waals surface area contributed by atoms with Crippen LogP contribution in [0.5, 0.6) is 5.75 Å². The molecule has 1 unspecified atom stereocenters. The molecule has 2 aliphatic carbocycles. The predicted octanol–water partition coefficient (Wildman–Crippen LogP) is 7.10. The van der Waals surface area contributed by atoms with Crippen LogP contribution in [-0.4, -0.2) is 73.1 Å². The molecule has 4 N–H and O–H groups in total. The van der Waals surface area contributed by atoms with Crippen molar-refractivity contribution in [1.29, 1.82) is 0 Å². The number of carbonyl (C=O) groups excluding carboxylic acids is 2. The second-order valence-electron chi connectivity index (χ2n) is 14.6. The van der Waals surface area contributed by atoms with Gasteiger partial charge in [-0.05, 0) is 85.4 Å². The zero-order chi connectivity index (χ0) is 36.5. The second-order valence-corrected chi connectivity index (χ2v) is 15.0. The highest BCUT2D eigenvalue weighted by Crippen LogP contribution is 2.47. The molecule has 278 valence electrons. The highest BCUT2D eigenvalue weighted by molar-refractivity contribution is 6.32. The molecule has 1 aromatic heterocycles. The Morgan fingerprint density at radius 2 is 1.94 bits per heavy atom. The molecule has 2 heterocycles. The van der Waals surface area contributed by atoms with E-state index in [1.807, 2.05) is 36.4 Å². The van der Waals surface area contributed by atoms with Crippen molar-refractivity contribution in [2.75, 3.05) is 67.2 Å². The van der Waals surface area contributed by atoms with Crippen LogP contribution in [0.25, 0.3) is 0 Å². The zero-order valence-electron chi connectivity index (χ0n) is 30.5. The number of aromatic nitrogens is 2. The smallest absolute Gasteiger partial charge is 0.247 e. The summed E-state index contributed by atoms with van der Waals surface area (Å²) < 4.78 is 5.77. The third kappa shape index (κ3) is 9.95. The molecule has 3 fully saturated rings. The van der Waals surface area contributed by atoms with Crippen molar-refractivity contribution in [1.82, 2.24) is 20.2 Å². The lowest BCUT2D eigenvalue weighted by Gasteiger charge is -2.44. The number of piperazine rings is 1. The maximum Gasteiger partial charge on any atom is 0.247 e. The Bertz CT molecular complexity index is 1690. The Labute approximate surface area is 312 Å². The minimum atomic E-state index is -0.268. The van der Waals surface area contributed by atoms with Gasteiger partial charge in [0.25, 0.3) is 0 Å². The predicted molar refractivity (Wildman–Crippen MR) is 210 cm³/mol. The van der Waals surface area contributed by atoms with Gasteiger partial charge in [-0.1, -0.05) is 56.5 Å². The van der Waals surface area contributed by atoms with E-state index in [1.165, 1.54) is 38.2 Å². The highest BCUT2D eigenvalue weighted by atomic mass is 35.5.